The Morgan fingerprint density at radius 1 is 0.824 bits per heavy atom. The highest BCUT2D eigenvalue weighted by molar-refractivity contribution is 7.80. The molecular weight excluding hydrogens is 224 g/mol. The van der Waals surface area contributed by atoms with Crippen LogP contribution in [0.2, 0.25) is 0 Å². The molecular formula is C16H18S. The van der Waals surface area contributed by atoms with Crippen LogP contribution >= 0.6 is 12.6 Å². The Morgan fingerprint density at radius 3 is 2.00 bits per heavy atom. The molecule has 0 aromatic heterocycles. The third kappa shape index (κ3) is 2.73. The molecule has 88 valence electrons. The van der Waals surface area contributed by atoms with Gasteiger partial charge >= 0.3 is 0 Å². The molecule has 17 heavy (non-hydrogen) atoms. The summed E-state index contributed by atoms with van der Waals surface area (Å²) in [7, 11) is 0. The highest BCUT2D eigenvalue weighted by atomic mass is 32.1. The van der Waals surface area contributed by atoms with Crippen molar-refractivity contribution in [3.63, 3.8) is 0 Å². The standard InChI is InChI=1S/C16H18S/c1-16(2,3)15-7-5-4-6-14(15)12-8-10-13(17)11-9-12/h4-11,17H,1-3H3. The predicted molar refractivity (Wildman–Crippen MR) is 77.8 cm³/mol. The van der Waals surface area contributed by atoms with Crippen LogP contribution in [-0.4, -0.2) is 0 Å². The molecule has 0 aliphatic carbocycles. The molecule has 0 aliphatic heterocycles. The molecule has 1 heteroatoms. The first kappa shape index (κ1) is 12.3. The van der Waals surface area contributed by atoms with E-state index in [0.29, 0.717) is 0 Å². The molecule has 2 aromatic carbocycles. The maximum atomic E-state index is 4.33. The molecule has 0 saturated heterocycles. The van der Waals surface area contributed by atoms with Crippen molar-refractivity contribution < 1.29 is 0 Å². The monoisotopic (exact) mass is 242 g/mol. The lowest BCUT2D eigenvalue weighted by atomic mass is 9.82. The Labute approximate surface area is 109 Å². The smallest absolute Gasteiger partial charge is 0.00404 e. The molecule has 0 aliphatic rings. The van der Waals surface area contributed by atoms with E-state index in [1.165, 1.54) is 16.7 Å². The lowest BCUT2D eigenvalue weighted by Gasteiger charge is -2.23. The molecule has 0 saturated carbocycles. The molecule has 0 unspecified atom stereocenters. The minimum absolute atomic E-state index is 0.163. The summed E-state index contributed by atoms with van der Waals surface area (Å²) >= 11 is 4.33. The molecule has 0 N–H and O–H groups in total. The zero-order chi connectivity index (χ0) is 12.5. The Hall–Kier alpha value is -1.21. The second kappa shape index (κ2) is 4.58. The van der Waals surface area contributed by atoms with Crippen LogP contribution in [0.4, 0.5) is 0 Å². The Balaban J connectivity index is 2.56. The first-order chi connectivity index (χ1) is 7.98. The van der Waals surface area contributed by atoms with E-state index in [1.807, 2.05) is 12.1 Å². The quantitative estimate of drug-likeness (QED) is 0.673. The lowest BCUT2D eigenvalue weighted by molar-refractivity contribution is 0.592. The SMILES string of the molecule is CC(C)(C)c1ccccc1-c1ccc(S)cc1. The van der Waals surface area contributed by atoms with Crippen LogP contribution in [0.5, 0.6) is 0 Å². The van der Waals surface area contributed by atoms with Gasteiger partial charge in [-0.15, -0.1) is 12.6 Å². The summed E-state index contributed by atoms with van der Waals surface area (Å²) < 4.78 is 0. The van der Waals surface area contributed by atoms with E-state index >= 15 is 0 Å². The molecule has 0 fully saturated rings. The first-order valence-electron chi connectivity index (χ1n) is 5.87. The maximum absolute atomic E-state index is 4.33. The van der Waals surface area contributed by atoms with Gasteiger partial charge in [-0.3, -0.25) is 0 Å². The Morgan fingerprint density at radius 2 is 1.41 bits per heavy atom. The van der Waals surface area contributed by atoms with Gasteiger partial charge in [0, 0.05) is 4.90 Å². The van der Waals surface area contributed by atoms with Gasteiger partial charge in [-0.2, -0.15) is 0 Å². The molecule has 2 aromatic rings. The topological polar surface area (TPSA) is 0 Å². The summed E-state index contributed by atoms with van der Waals surface area (Å²) in [5, 5.41) is 0. The molecule has 0 bridgehead atoms. The Bertz CT molecular complexity index is 504. The second-order valence-electron chi connectivity index (χ2n) is 5.34. The van der Waals surface area contributed by atoms with Crippen LogP contribution in [0.3, 0.4) is 0 Å². The summed E-state index contributed by atoms with van der Waals surface area (Å²) in [5.41, 5.74) is 4.12. The van der Waals surface area contributed by atoms with Crippen LogP contribution < -0.4 is 0 Å². The highest BCUT2D eigenvalue weighted by Gasteiger charge is 2.17. The van der Waals surface area contributed by atoms with Gasteiger partial charge in [0.2, 0.25) is 0 Å². The van der Waals surface area contributed by atoms with Gasteiger partial charge in [-0.25, -0.2) is 0 Å². The molecule has 0 nitrogen and oxygen atoms in total. The van der Waals surface area contributed by atoms with E-state index in [-0.39, 0.29) is 5.41 Å². The average molecular weight is 242 g/mol. The highest BCUT2D eigenvalue weighted by Crippen LogP contribution is 2.32. The fourth-order valence-electron chi connectivity index (χ4n) is 2.03. The zero-order valence-corrected chi connectivity index (χ0v) is 11.5. The first-order valence-corrected chi connectivity index (χ1v) is 6.32. The molecule has 0 spiro atoms. The fraction of sp³-hybridized carbons (Fsp3) is 0.250. The van der Waals surface area contributed by atoms with Gasteiger partial charge in [0.25, 0.3) is 0 Å². The second-order valence-corrected chi connectivity index (χ2v) is 5.86. The van der Waals surface area contributed by atoms with E-state index in [0.717, 1.165) is 4.90 Å². The van der Waals surface area contributed by atoms with Crippen molar-refractivity contribution >= 4 is 12.6 Å². The van der Waals surface area contributed by atoms with Gasteiger partial charge in [-0.1, -0.05) is 57.2 Å². The van der Waals surface area contributed by atoms with E-state index in [9.17, 15) is 0 Å². The van der Waals surface area contributed by atoms with Gasteiger partial charge in [-0.05, 0) is 34.2 Å². The average Bonchev–Trinajstić information content (AvgIpc) is 2.29. The van der Waals surface area contributed by atoms with Crippen molar-refractivity contribution in [2.45, 2.75) is 31.1 Å². The van der Waals surface area contributed by atoms with Crippen LogP contribution in [0.25, 0.3) is 11.1 Å². The molecule has 0 heterocycles. The Kier molecular flexibility index (Phi) is 3.30. The van der Waals surface area contributed by atoms with Gasteiger partial charge < -0.3 is 0 Å². The van der Waals surface area contributed by atoms with E-state index in [1.54, 1.807) is 0 Å². The maximum Gasteiger partial charge on any atom is 0.00404 e. The minimum Gasteiger partial charge on any atom is -0.143 e. The summed E-state index contributed by atoms with van der Waals surface area (Å²) in [5.74, 6) is 0. The molecule has 0 atom stereocenters. The molecule has 0 amide bonds. The number of hydrogen-bond donors (Lipinski definition) is 1. The third-order valence-corrected chi connectivity index (χ3v) is 3.21. The van der Waals surface area contributed by atoms with E-state index in [4.69, 9.17) is 0 Å². The summed E-state index contributed by atoms with van der Waals surface area (Å²) in [6.45, 7) is 6.75. The van der Waals surface area contributed by atoms with E-state index in [2.05, 4.69) is 69.8 Å². The van der Waals surface area contributed by atoms with Crippen molar-refractivity contribution in [2.75, 3.05) is 0 Å². The third-order valence-electron chi connectivity index (χ3n) is 2.91. The summed E-state index contributed by atoms with van der Waals surface area (Å²) in [4.78, 5) is 1.00. The summed E-state index contributed by atoms with van der Waals surface area (Å²) in [6.07, 6.45) is 0. The number of rotatable bonds is 1. The number of hydrogen-bond acceptors (Lipinski definition) is 1. The van der Waals surface area contributed by atoms with Crippen LogP contribution in [0.15, 0.2) is 53.4 Å². The van der Waals surface area contributed by atoms with E-state index < -0.39 is 0 Å². The van der Waals surface area contributed by atoms with Crippen molar-refractivity contribution in [3.8, 4) is 11.1 Å². The molecule has 2 rings (SSSR count). The largest absolute Gasteiger partial charge is 0.143 e. The van der Waals surface area contributed by atoms with Gasteiger partial charge in [0.15, 0.2) is 0 Å². The predicted octanol–water partition coefficient (Wildman–Crippen LogP) is 4.94. The van der Waals surface area contributed by atoms with Crippen molar-refractivity contribution in [3.05, 3.63) is 54.1 Å². The summed E-state index contributed by atoms with van der Waals surface area (Å²) in [6, 6.07) is 16.9. The van der Waals surface area contributed by atoms with Gasteiger partial charge in [0.05, 0.1) is 0 Å². The van der Waals surface area contributed by atoms with Crippen LogP contribution in [0.1, 0.15) is 26.3 Å². The van der Waals surface area contributed by atoms with Crippen LogP contribution in [-0.2, 0) is 5.41 Å². The minimum atomic E-state index is 0.163. The van der Waals surface area contributed by atoms with Crippen molar-refractivity contribution in [1.29, 1.82) is 0 Å². The van der Waals surface area contributed by atoms with Crippen molar-refractivity contribution in [2.24, 2.45) is 0 Å². The lowest BCUT2D eigenvalue weighted by Crippen LogP contribution is -2.12. The zero-order valence-electron chi connectivity index (χ0n) is 10.6. The van der Waals surface area contributed by atoms with Crippen molar-refractivity contribution in [1.82, 2.24) is 0 Å². The van der Waals surface area contributed by atoms with Crippen LogP contribution in [0, 0.1) is 0 Å². The van der Waals surface area contributed by atoms with Gasteiger partial charge in [0.1, 0.15) is 0 Å². The normalized spacial score (nSPS) is 11.5. The number of benzene rings is 2. The molecule has 0 radical (unpaired) electrons. The fourth-order valence-corrected chi connectivity index (χ4v) is 2.18. The number of thiol groups is 1.